The Bertz CT molecular complexity index is 371. The van der Waals surface area contributed by atoms with Crippen molar-refractivity contribution in [3.05, 3.63) is 35.4 Å². The highest BCUT2D eigenvalue weighted by molar-refractivity contribution is 5.26. The first-order valence-electron chi connectivity index (χ1n) is 6.70. The number of ether oxygens (including phenoxy) is 1. The van der Waals surface area contributed by atoms with E-state index in [9.17, 15) is 0 Å². The van der Waals surface area contributed by atoms with E-state index in [4.69, 9.17) is 4.74 Å². The lowest BCUT2D eigenvalue weighted by atomic mass is 10.1. The minimum absolute atomic E-state index is 0.612. The predicted molar refractivity (Wildman–Crippen MR) is 74.5 cm³/mol. The Hall–Kier alpha value is -0.900. The van der Waals surface area contributed by atoms with Gasteiger partial charge < -0.3 is 15.0 Å². The first kappa shape index (κ1) is 13.5. The van der Waals surface area contributed by atoms with Crippen molar-refractivity contribution in [2.75, 3.05) is 20.7 Å². The van der Waals surface area contributed by atoms with Crippen LogP contribution in [0.3, 0.4) is 0 Å². The molecule has 1 aromatic carbocycles. The third kappa shape index (κ3) is 3.31. The fourth-order valence-corrected chi connectivity index (χ4v) is 2.62. The molecule has 2 rings (SSSR count). The number of methoxy groups -OCH3 is 1. The molecule has 0 bridgehead atoms. The van der Waals surface area contributed by atoms with Crippen LogP contribution in [-0.2, 0) is 17.9 Å². The molecule has 2 unspecified atom stereocenters. The number of likely N-dealkylation sites (N-methyl/N-ethyl adjacent to an activating group) is 1. The highest BCUT2D eigenvalue weighted by atomic mass is 16.5. The van der Waals surface area contributed by atoms with Crippen molar-refractivity contribution in [2.45, 2.75) is 38.6 Å². The van der Waals surface area contributed by atoms with Crippen molar-refractivity contribution in [3.63, 3.8) is 0 Å². The third-order valence-corrected chi connectivity index (χ3v) is 3.89. The Morgan fingerprint density at radius 2 is 2.06 bits per heavy atom. The van der Waals surface area contributed by atoms with E-state index in [1.54, 1.807) is 7.11 Å². The molecule has 2 atom stereocenters. The topological polar surface area (TPSA) is 24.5 Å². The van der Waals surface area contributed by atoms with Gasteiger partial charge in [-0.3, -0.25) is 0 Å². The van der Waals surface area contributed by atoms with Gasteiger partial charge in [0.25, 0.3) is 0 Å². The highest BCUT2D eigenvalue weighted by Crippen LogP contribution is 2.16. The van der Waals surface area contributed by atoms with Gasteiger partial charge in [-0.15, -0.1) is 0 Å². The van der Waals surface area contributed by atoms with Crippen molar-refractivity contribution in [1.29, 1.82) is 0 Å². The van der Waals surface area contributed by atoms with E-state index in [1.165, 1.54) is 17.5 Å². The van der Waals surface area contributed by atoms with Gasteiger partial charge in [-0.25, -0.2) is 0 Å². The number of rotatable bonds is 5. The summed E-state index contributed by atoms with van der Waals surface area (Å²) in [6.45, 7) is 5.07. The van der Waals surface area contributed by atoms with Crippen LogP contribution in [-0.4, -0.2) is 37.7 Å². The first-order valence-corrected chi connectivity index (χ1v) is 6.70. The maximum absolute atomic E-state index is 5.24. The van der Waals surface area contributed by atoms with Crippen LogP contribution < -0.4 is 5.32 Å². The molecule has 3 heteroatoms. The van der Waals surface area contributed by atoms with Crippen LogP contribution in [0.2, 0.25) is 0 Å². The van der Waals surface area contributed by atoms with Crippen molar-refractivity contribution in [1.82, 2.24) is 10.2 Å². The Balaban J connectivity index is 1.90. The highest BCUT2D eigenvalue weighted by Gasteiger charge is 2.25. The van der Waals surface area contributed by atoms with Crippen LogP contribution in [0.1, 0.15) is 24.5 Å². The second-order valence-corrected chi connectivity index (χ2v) is 5.30. The molecule has 18 heavy (non-hydrogen) atoms. The molecule has 1 aliphatic rings. The van der Waals surface area contributed by atoms with E-state index in [2.05, 4.69) is 48.5 Å². The predicted octanol–water partition coefficient (Wildman–Crippen LogP) is 2.02. The molecule has 0 spiro atoms. The molecule has 1 saturated heterocycles. The van der Waals surface area contributed by atoms with Crippen LogP contribution in [0.25, 0.3) is 0 Å². The van der Waals surface area contributed by atoms with Gasteiger partial charge in [-0.1, -0.05) is 24.3 Å². The van der Waals surface area contributed by atoms with Gasteiger partial charge in [0.05, 0.1) is 6.61 Å². The van der Waals surface area contributed by atoms with Gasteiger partial charge in [-0.2, -0.15) is 0 Å². The van der Waals surface area contributed by atoms with Gasteiger partial charge in [0.2, 0.25) is 0 Å². The summed E-state index contributed by atoms with van der Waals surface area (Å²) in [5.41, 5.74) is 2.63. The number of hydrogen-bond acceptors (Lipinski definition) is 3. The molecule has 100 valence electrons. The number of likely N-dealkylation sites (tertiary alicyclic amines) is 1. The quantitative estimate of drug-likeness (QED) is 0.863. The largest absolute Gasteiger partial charge is 0.380 e. The van der Waals surface area contributed by atoms with E-state index < -0.39 is 0 Å². The van der Waals surface area contributed by atoms with Gasteiger partial charge in [0.1, 0.15) is 0 Å². The summed E-state index contributed by atoms with van der Waals surface area (Å²) in [6, 6.07) is 9.80. The fraction of sp³-hybridized carbons (Fsp3) is 0.600. The molecule has 1 N–H and O–H groups in total. The maximum atomic E-state index is 5.24. The third-order valence-electron chi connectivity index (χ3n) is 3.89. The van der Waals surface area contributed by atoms with Crippen LogP contribution in [0, 0.1) is 0 Å². The second-order valence-electron chi connectivity index (χ2n) is 5.30. The van der Waals surface area contributed by atoms with Gasteiger partial charge in [0.15, 0.2) is 0 Å². The normalized spacial score (nSPS) is 24.6. The van der Waals surface area contributed by atoms with Crippen LogP contribution in [0.5, 0.6) is 0 Å². The van der Waals surface area contributed by atoms with E-state index in [0.29, 0.717) is 18.7 Å². The minimum atomic E-state index is 0.612. The minimum Gasteiger partial charge on any atom is -0.380 e. The molecule has 0 saturated carbocycles. The van der Waals surface area contributed by atoms with E-state index in [0.717, 1.165) is 13.1 Å². The molecule has 3 nitrogen and oxygen atoms in total. The molecule has 0 aliphatic carbocycles. The van der Waals surface area contributed by atoms with E-state index in [1.807, 2.05) is 0 Å². The Morgan fingerprint density at radius 1 is 1.33 bits per heavy atom. The molecular weight excluding hydrogens is 224 g/mol. The van der Waals surface area contributed by atoms with Gasteiger partial charge in [0, 0.05) is 32.3 Å². The number of nitrogens with one attached hydrogen (secondary N) is 1. The van der Waals surface area contributed by atoms with Crippen molar-refractivity contribution in [3.8, 4) is 0 Å². The average molecular weight is 248 g/mol. The number of benzene rings is 1. The molecule has 0 aromatic heterocycles. The maximum Gasteiger partial charge on any atom is 0.0716 e. The monoisotopic (exact) mass is 248 g/mol. The molecule has 1 aliphatic heterocycles. The molecular formula is C15H24N2O. The van der Waals surface area contributed by atoms with Crippen molar-refractivity contribution >= 4 is 0 Å². The summed E-state index contributed by atoms with van der Waals surface area (Å²) in [5.74, 6) is 0. The summed E-state index contributed by atoms with van der Waals surface area (Å²) in [5, 5.41) is 3.66. The molecule has 0 amide bonds. The van der Waals surface area contributed by atoms with Gasteiger partial charge >= 0.3 is 0 Å². The lowest BCUT2D eigenvalue weighted by Crippen LogP contribution is -2.31. The molecule has 1 aromatic rings. The lowest BCUT2D eigenvalue weighted by molar-refractivity contribution is 0.184. The van der Waals surface area contributed by atoms with Crippen LogP contribution >= 0.6 is 0 Å². The van der Waals surface area contributed by atoms with Crippen molar-refractivity contribution < 1.29 is 4.74 Å². The zero-order valence-corrected chi connectivity index (χ0v) is 11.6. The first-order chi connectivity index (χ1) is 8.70. The molecule has 0 radical (unpaired) electrons. The molecule has 1 fully saturated rings. The standard InChI is InChI=1S/C15H24N2O/c1-12-8-15(10-17(12)2)16-9-13-6-4-5-7-14(13)11-18-3/h4-7,12,15-16H,8-11H2,1-3H3. The second kappa shape index (κ2) is 6.32. The SMILES string of the molecule is COCc1ccccc1CNC1CC(C)N(C)C1. The number of hydrogen-bond donors (Lipinski definition) is 1. The summed E-state index contributed by atoms with van der Waals surface area (Å²) in [4.78, 5) is 2.42. The van der Waals surface area contributed by atoms with Crippen LogP contribution in [0.4, 0.5) is 0 Å². The summed E-state index contributed by atoms with van der Waals surface area (Å²) >= 11 is 0. The average Bonchev–Trinajstić information content (AvgIpc) is 2.68. The zero-order valence-electron chi connectivity index (χ0n) is 11.6. The van der Waals surface area contributed by atoms with E-state index in [-0.39, 0.29) is 0 Å². The smallest absolute Gasteiger partial charge is 0.0716 e. The van der Waals surface area contributed by atoms with Crippen LogP contribution in [0.15, 0.2) is 24.3 Å². The number of nitrogens with zero attached hydrogens (tertiary/aromatic N) is 1. The van der Waals surface area contributed by atoms with Gasteiger partial charge in [-0.05, 0) is 31.5 Å². The summed E-state index contributed by atoms with van der Waals surface area (Å²) in [7, 11) is 3.95. The molecule has 1 heterocycles. The zero-order chi connectivity index (χ0) is 13.0. The Labute approximate surface area is 110 Å². The summed E-state index contributed by atoms with van der Waals surface area (Å²) < 4.78 is 5.24. The lowest BCUT2D eigenvalue weighted by Gasteiger charge is -2.15. The van der Waals surface area contributed by atoms with Crippen molar-refractivity contribution in [2.24, 2.45) is 0 Å². The fourth-order valence-electron chi connectivity index (χ4n) is 2.62. The Morgan fingerprint density at radius 3 is 2.67 bits per heavy atom. The van der Waals surface area contributed by atoms with E-state index >= 15 is 0 Å². The summed E-state index contributed by atoms with van der Waals surface area (Å²) in [6.07, 6.45) is 1.24. The Kier molecular flexibility index (Phi) is 4.75.